The van der Waals surface area contributed by atoms with Crippen LogP contribution >= 0.6 is 0 Å². The Labute approximate surface area is 116 Å². The third-order valence-corrected chi connectivity index (χ3v) is 5.16. The molecule has 1 aromatic carbocycles. The summed E-state index contributed by atoms with van der Waals surface area (Å²) < 4.78 is 16.7. The van der Waals surface area contributed by atoms with Gasteiger partial charge in [0.2, 0.25) is 0 Å². The number of nitrogens with zero attached hydrogens (tertiary/aromatic N) is 1. The number of benzene rings is 1. The second-order valence-electron chi connectivity index (χ2n) is 4.99. The first kappa shape index (κ1) is 15.9. The first-order chi connectivity index (χ1) is 8.90. The van der Waals surface area contributed by atoms with E-state index < -0.39 is 15.8 Å². The molecule has 0 aromatic heterocycles. The van der Waals surface area contributed by atoms with Crippen LogP contribution in [0.25, 0.3) is 0 Å². The Morgan fingerprint density at radius 2 is 1.79 bits per heavy atom. The van der Waals surface area contributed by atoms with Gasteiger partial charge < -0.3 is 5.11 Å². The maximum atomic E-state index is 12.7. The monoisotopic (exact) mass is 281 g/mol. The van der Waals surface area contributed by atoms with Gasteiger partial charge in [-0.25, -0.2) is 8.57 Å². The lowest BCUT2D eigenvalue weighted by molar-refractivity contribution is 0.0912. The van der Waals surface area contributed by atoms with Crippen LogP contribution in [-0.4, -0.2) is 22.5 Å². The quantitative estimate of drug-likeness (QED) is 0.900. The van der Waals surface area contributed by atoms with Crippen molar-refractivity contribution in [2.24, 2.45) is 16.2 Å². The Hall–Kier alpha value is -1.13. The minimum Gasteiger partial charge on any atom is -0.392 e. The van der Waals surface area contributed by atoms with Crippen molar-refractivity contribution >= 4 is 9.73 Å². The van der Waals surface area contributed by atoms with Crippen molar-refractivity contribution in [3.63, 3.8) is 0 Å². The van der Waals surface area contributed by atoms with E-state index in [1.807, 2.05) is 51.1 Å². The molecule has 3 atom stereocenters. The van der Waals surface area contributed by atoms with Gasteiger partial charge in [0.25, 0.3) is 0 Å². The van der Waals surface area contributed by atoms with Crippen LogP contribution in [0.2, 0.25) is 0 Å². The Balaban J connectivity index is 2.99. The molecule has 0 spiro atoms. The van der Waals surface area contributed by atoms with Crippen molar-refractivity contribution in [2.75, 3.05) is 7.05 Å². The fraction of sp³-hybridized carbons (Fsp3) is 0.467. The molecule has 0 amide bonds. The molecule has 0 fully saturated rings. The number of rotatable bonds is 5. The molecule has 0 saturated heterocycles. The molecule has 3 nitrogen and oxygen atoms in total. The molecule has 106 valence electrons. The smallest absolute Gasteiger partial charge is 0.0963 e. The van der Waals surface area contributed by atoms with E-state index in [-0.39, 0.29) is 11.8 Å². The summed E-state index contributed by atoms with van der Waals surface area (Å²) >= 11 is 0. The predicted octanol–water partition coefficient (Wildman–Crippen LogP) is 3.31. The van der Waals surface area contributed by atoms with Gasteiger partial charge in [0.05, 0.1) is 20.7 Å². The van der Waals surface area contributed by atoms with Crippen molar-refractivity contribution in [3.05, 3.63) is 41.8 Å². The van der Waals surface area contributed by atoms with E-state index in [1.165, 1.54) is 0 Å². The van der Waals surface area contributed by atoms with Crippen LogP contribution in [0.3, 0.4) is 0 Å². The van der Waals surface area contributed by atoms with Crippen molar-refractivity contribution in [1.29, 1.82) is 0 Å². The highest BCUT2D eigenvalue weighted by Crippen LogP contribution is 2.18. The molecule has 1 rings (SSSR count). The van der Waals surface area contributed by atoms with E-state index in [0.29, 0.717) is 4.90 Å². The molecule has 4 heteroatoms. The third-order valence-electron chi connectivity index (χ3n) is 3.14. The summed E-state index contributed by atoms with van der Waals surface area (Å²) in [5, 5.41) is 11.6. The first-order valence-electron chi connectivity index (χ1n) is 6.47. The maximum Gasteiger partial charge on any atom is 0.0963 e. The molecule has 1 N–H and O–H groups in total. The maximum absolute atomic E-state index is 12.7. The second-order valence-corrected chi connectivity index (χ2v) is 7.23. The molecule has 0 heterocycles. The van der Waals surface area contributed by atoms with Gasteiger partial charge in [0.1, 0.15) is 0 Å². The topological polar surface area (TPSA) is 49.7 Å². The van der Waals surface area contributed by atoms with E-state index in [9.17, 15) is 9.32 Å². The minimum absolute atomic E-state index is 0.0497. The highest BCUT2D eigenvalue weighted by Gasteiger charge is 2.16. The zero-order valence-corrected chi connectivity index (χ0v) is 12.8. The molecule has 0 saturated carbocycles. The fourth-order valence-corrected chi connectivity index (χ4v) is 3.31. The molecule has 1 aromatic rings. The zero-order chi connectivity index (χ0) is 14.5. The van der Waals surface area contributed by atoms with Crippen LogP contribution < -0.4 is 0 Å². The lowest BCUT2D eigenvalue weighted by atomic mass is 9.95. The SMILES string of the molecule is CN=S(=O)(/C=C\[C@@H](C)[C@@H](O)C(C)C)c1ccccc1. The number of hydrogen-bond donors (Lipinski definition) is 1. The number of aliphatic hydroxyl groups excluding tert-OH is 1. The molecule has 0 aliphatic carbocycles. The molecule has 0 aliphatic heterocycles. The Bertz CT molecular complexity index is 528. The molecule has 0 radical (unpaired) electrons. The molecular weight excluding hydrogens is 258 g/mol. The summed E-state index contributed by atoms with van der Waals surface area (Å²) in [5.41, 5.74) is 0. The van der Waals surface area contributed by atoms with Crippen LogP contribution in [0.1, 0.15) is 20.8 Å². The van der Waals surface area contributed by atoms with Crippen molar-refractivity contribution in [3.8, 4) is 0 Å². The number of aliphatic hydroxyl groups is 1. The van der Waals surface area contributed by atoms with Gasteiger partial charge in [0.15, 0.2) is 0 Å². The average molecular weight is 281 g/mol. The van der Waals surface area contributed by atoms with E-state index in [1.54, 1.807) is 18.5 Å². The van der Waals surface area contributed by atoms with Crippen LogP contribution in [-0.2, 0) is 9.73 Å². The van der Waals surface area contributed by atoms with Crippen LogP contribution in [0.15, 0.2) is 51.1 Å². The number of hydrogen-bond acceptors (Lipinski definition) is 3. The summed E-state index contributed by atoms with van der Waals surface area (Å²) in [6.07, 6.45) is 1.36. The normalized spacial score (nSPS) is 18.2. The van der Waals surface area contributed by atoms with Gasteiger partial charge in [-0.05, 0) is 18.1 Å². The summed E-state index contributed by atoms with van der Waals surface area (Å²) in [6.45, 7) is 5.85. The van der Waals surface area contributed by atoms with Crippen molar-refractivity contribution < 1.29 is 9.32 Å². The summed E-state index contributed by atoms with van der Waals surface area (Å²) in [5.74, 6) is 0.122. The summed E-state index contributed by atoms with van der Waals surface area (Å²) in [7, 11) is -0.968. The van der Waals surface area contributed by atoms with Crippen LogP contribution in [0, 0.1) is 11.8 Å². The lowest BCUT2D eigenvalue weighted by Crippen LogP contribution is -2.22. The first-order valence-corrected chi connectivity index (χ1v) is 8.05. The average Bonchev–Trinajstić information content (AvgIpc) is 2.44. The highest BCUT2D eigenvalue weighted by atomic mass is 32.2. The standard InChI is InChI=1S/C15H23NO2S/c1-12(2)15(17)13(3)10-11-19(18,16-4)14-8-6-5-7-9-14/h5-13,15,17H,1-4H3/b11-10-/t13-,15+,19?/m1/s1. The molecular formula is C15H23NO2S. The van der Waals surface area contributed by atoms with Gasteiger partial charge in [-0.1, -0.05) is 45.0 Å². The van der Waals surface area contributed by atoms with Gasteiger partial charge in [-0.15, -0.1) is 0 Å². The van der Waals surface area contributed by atoms with Gasteiger partial charge >= 0.3 is 0 Å². The molecule has 1 unspecified atom stereocenters. The summed E-state index contributed by atoms with van der Waals surface area (Å²) in [6, 6.07) is 9.20. The van der Waals surface area contributed by atoms with Crippen LogP contribution in [0.5, 0.6) is 0 Å². The van der Waals surface area contributed by atoms with E-state index in [4.69, 9.17) is 0 Å². The van der Waals surface area contributed by atoms with Crippen molar-refractivity contribution in [1.82, 2.24) is 0 Å². The zero-order valence-electron chi connectivity index (χ0n) is 12.0. The van der Waals surface area contributed by atoms with E-state index in [0.717, 1.165) is 0 Å². The van der Waals surface area contributed by atoms with Gasteiger partial charge in [-0.2, -0.15) is 0 Å². The molecule has 0 bridgehead atoms. The molecule has 0 aliphatic rings. The van der Waals surface area contributed by atoms with E-state index >= 15 is 0 Å². The predicted molar refractivity (Wildman–Crippen MR) is 80.4 cm³/mol. The van der Waals surface area contributed by atoms with Crippen LogP contribution in [0.4, 0.5) is 0 Å². The van der Waals surface area contributed by atoms with Crippen molar-refractivity contribution in [2.45, 2.75) is 31.8 Å². The molecule has 19 heavy (non-hydrogen) atoms. The Morgan fingerprint density at radius 1 is 1.21 bits per heavy atom. The van der Waals surface area contributed by atoms with Gasteiger partial charge in [0, 0.05) is 18.4 Å². The second kappa shape index (κ2) is 6.87. The fourth-order valence-electron chi connectivity index (χ4n) is 1.81. The third kappa shape index (κ3) is 4.18. The largest absolute Gasteiger partial charge is 0.392 e. The van der Waals surface area contributed by atoms with E-state index in [2.05, 4.69) is 4.36 Å². The highest BCUT2D eigenvalue weighted by molar-refractivity contribution is 7.96. The summed E-state index contributed by atoms with van der Waals surface area (Å²) in [4.78, 5) is 0.694. The Kier molecular flexibility index (Phi) is 5.76. The Morgan fingerprint density at radius 3 is 2.26 bits per heavy atom. The lowest BCUT2D eigenvalue weighted by Gasteiger charge is -2.19. The van der Waals surface area contributed by atoms with Gasteiger partial charge in [-0.3, -0.25) is 0 Å². The minimum atomic E-state index is -2.53.